The molecule has 118 valence electrons. The second kappa shape index (κ2) is 9.65. The van der Waals surface area contributed by atoms with Crippen molar-refractivity contribution >= 4 is 38.7 Å². The molecule has 1 aliphatic rings. The molecule has 0 bridgehead atoms. The normalized spacial score (nSPS) is 18.4. The molecule has 3 rings (SSSR count). The summed E-state index contributed by atoms with van der Waals surface area (Å²) in [7, 11) is 0. The Labute approximate surface area is 202 Å². The van der Waals surface area contributed by atoms with Gasteiger partial charge in [0, 0.05) is 10.4 Å². The first-order valence-electron chi connectivity index (χ1n) is 7.11. The molecule has 1 amide bonds. The molecule has 2 atom stereocenters. The van der Waals surface area contributed by atoms with Crippen LogP contribution in [-0.4, -0.2) is 18.5 Å². The van der Waals surface area contributed by atoms with Crippen LogP contribution in [0.3, 0.4) is 0 Å². The van der Waals surface area contributed by atoms with Gasteiger partial charge in [0.25, 0.3) is 0 Å². The van der Waals surface area contributed by atoms with E-state index in [2.05, 4.69) is 20.9 Å². The number of primary amides is 1. The van der Waals surface area contributed by atoms with Crippen LogP contribution < -0.4 is 79.6 Å². The minimum Gasteiger partial charge on any atom is -0.651 e. The Morgan fingerprint density at radius 1 is 1.39 bits per heavy atom. The van der Waals surface area contributed by atoms with Gasteiger partial charge >= 0.3 is 74.9 Å². The topological polar surface area (TPSA) is 83.5 Å². The van der Waals surface area contributed by atoms with Crippen molar-refractivity contribution in [2.24, 2.45) is 17.6 Å². The molecule has 1 aromatic carbocycles. The molecule has 1 fully saturated rings. The van der Waals surface area contributed by atoms with E-state index >= 15 is 0 Å². The molecule has 1 aromatic heterocycles. The minimum atomic E-state index is -0.371. The molecule has 7 heteroatoms. The number of hydrogen-bond donors (Lipinski definition) is 1. The van der Waals surface area contributed by atoms with Gasteiger partial charge in [-0.3, -0.25) is 4.79 Å². The van der Waals surface area contributed by atoms with Gasteiger partial charge in [-0.05, 0) is 42.5 Å². The number of amides is 1. The number of esters is 1. The Balaban J connectivity index is 0.000000280. The first-order chi connectivity index (χ1) is 10.4. The van der Waals surface area contributed by atoms with E-state index in [-0.39, 0.29) is 86.7 Å². The zero-order chi connectivity index (χ0) is 16.3. The predicted octanol–water partition coefficient (Wildman–Crippen LogP) is -0.132. The van der Waals surface area contributed by atoms with E-state index in [4.69, 9.17) is 10.5 Å². The van der Waals surface area contributed by atoms with Gasteiger partial charge in [-0.25, -0.2) is 4.79 Å². The number of hydrogen-bond acceptors (Lipinski definition) is 3. The molecule has 2 aromatic rings. The monoisotopic (exact) mass is 498 g/mol. The Bertz CT molecular complexity index is 702. The van der Waals surface area contributed by atoms with Crippen molar-refractivity contribution in [2.45, 2.75) is 20.3 Å². The van der Waals surface area contributed by atoms with Gasteiger partial charge in [0.1, 0.15) is 0 Å². The number of benzene rings is 1. The summed E-state index contributed by atoms with van der Waals surface area (Å²) in [4.78, 5) is 25.8. The molecule has 23 heavy (non-hydrogen) atoms. The van der Waals surface area contributed by atoms with Crippen molar-refractivity contribution < 1.29 is 83.2 Å². The number of nitrogens with two attached hydrogens (primary N) is 1. The number of carbonyl (C=O) groups excluding carboxylic acids is 2. The summed E-state index contributed by atoms with van der Waals surface area (Å²) in [6.45, 7) is 4.18. The number of aromatic nitrogens is 1. The van der Waals surface area contributed by atoms with Crippen molar-refractivity contribution in [2.75, 3.05) is 6.61 Å². The molecule has 2 N–H and O–H groups in total. The van der Waals surface area contributed by atoms with E-state index < -0.39 is 0 Å². The number of halogens is 1. The van der Waals surface area contributed by atoms with Crippen LogP contribution in [0.5, 0.6) is 0 Å². The Hall–Kier alpha value is 0.232. The van der Waals surface area contributed by atoms with Crippen molar-refractivity contribution in [1.82, 2.24) is 4.98 Å². The Morgan fingerprint density at radius 2 is 2.04 bits per heavy atom. The van der Waals surface area contributed by atoms with Crippen LogP contribution in [0, 0.1) is 11.8 Å². The maximum Gasteiger partial charge on any atom is 1.00 e. The van der Waals surface area contributed by atoms with Gasteiger partial charge in [-0.2, -0.15) is 0 Å². The van der Waals surface area contributed by atoms with E-state index in [1.165, 1.54) is 0 Å². The van der Waals surface area contributed by atoms with Gasteiger partial charge in [0.05, 0.1) is 6.61 Å². The van der Waals surface area contributed by atoms with Crippen LogP contribution in [0.25, 0.3) is 10.9 Å². The summed E-state index contributed by atoms with van der Waals surface area (Å²) in [6.07, 6.45) is 1.01. The SMILES string of the molecule is CC1CC1C(N)=O.CCOC(=O)c1cc2cc(Br)ccc2[n-]1.[Cs+]. The summed E-state index contributed by atoms with van der Waals surface area (Å²) >= 11 is 3.37. The van der Waals surface area contributed by atoms with Crippen molar-refractivity contribution in [1.29, 1.82) is 0 Å². The van der Waals surface area contributed by atoms with Gasteiger partial charge in [0.2, 0.25) is 5.91 Å². The maximum absolute atomic E-state index is 11.4. The van der Waals surface area contributed by atoms with Crippen LogP contribution in [0.15, 0.2) is 28.7 Å². The average molecular weight is 499 g/mol. The summed E-state index contributed by atoms with van der Waals surface area (Å²) < 4.78 is 5.84. The van der Waals surface area contributed by atoms with Gasteiger partial charge in [-0.15, -0.1) is 5.52 Å². The fourth-order valence-electron chi connectivity index (χ4n) is 2.08. The van der Waals surface area contributed by atoms with E-state index in [9.17, 15) is 9.59 Å². The number of nitrogens with zero attached hydrogens (tertiary/aromatic N) is 1. The van der Waals surface area contributed by atoms with E-state index in [1.54, 1.807) is 13.0 Å². The summed E-state index contributed by atoms with van der Waals surface area (Å²) in [6, 6.07) is 7.41. The molecular formula is C16H18BrCsN2O3. The summed E-state index contributed by atoms with van der Waals surface area (Å²) in [5.41, 5.74) is 6.12. The van der Waals surface area contributed by atoms with Crippen molar-refractivity contribution in [3.63, 3.8) is 0 Å². The van der Waals surface area contributed by atoms with Gasteiger partial charge < -0.3 is 15.5 Å². The molecular weight excluding hydrogens is 481 g/mol. The first-order valence-corrected chi connectivity index (χ1v) is 7.91. The van der Waals surface area contributed by atoms with Gasteiger partial charge in [-0.1, -0.05) is 35.0 Å². The third-order valence-electron chi connectivity index (χ3n) is 3.48. The fraction of sp³-hybridized carbons (Fsp3) is 0.375. The van der Waals surface area contributed by atoms with Crippen LogP contribution >= 0.6 is 15.9 Å². The summed E-state index contributed by atoms with van der Waals surface area (Å²) in [5.74, 6) is 0.273. The zero-order valence-electron chi connectivity index (χ0n) is 13.5. The van der Waals surface area contributed by atoms with E-state index in [0.717, 1.165) is 21.8 Å². The molecule has 0 aliphatic heterocycles. The molecule has 0 spiro atoms. The third kappa shape index (κ3) is 6.23. The maximum atomic E-state index is 11.4. The first kappa shape index (κ1) is 21.3. The molecule has 1 aliphatic carbocycles. The molecule has 1 saturated carbocycles. The van der Waals surface area contributed by atoms with E-state index in [1.807, 2.05) is 25.1 Å². The number of ether oxygens (including phenoxy) is 1. The minimum absolute atomic E-state index is 0. The quantitative estimate of drug-likeness (QED) is 0.597. The largest absolute Gasteiger partial charge is 1.00 e. The Morgan fingerprint density at radius 3 is 2.52 bits per heavy atom. The van der Waals surface area contributed by atoms with Crippen molar-refractivity contribution in [3.05, 3.63) is 34.4 Å². The predicted molar refractivity (Wildman–Crippen MR) is 87.4 cm³/mol. The van der Waals surface area contributed by atoms with Crippen LogP contribution in [-0.2, 0) is 9.53 Å². The van der Waals surface area contributed by atoms with Crippen LogP contribution in [0.1, 0.15) is 30.8 Å². The Kier molecular flexibility index (Phi) is 8.92. The fourth-order valence-corrected chi connectivity index (χ4v) is 2.46. The number of fused-ring (bicyclic) bond motifs is 1. The number of rotatable bonds is 3. The second-order valence-corrected chi connectivity index (χ2v) is 6.20. The molecule has 2 unspecified atom stereocenters. The molecule has 0 radical (unpaired) electrons. The van der Waals surface area contributed by atoms with Crippen LogP contribution in [0.4, 0.5) is 0 Å². The molecule has 0 saturated heterocycles. The van der Waals surface area contributed by atoms with Crippen LogP contribution in [0.2, 0.25) is 0 Å². The zero-order valence-corrected chi connectivity index (χ0v) is 21.4. The molecule has 5 nitrogen and oxygen atoms in total. The van der Waals surface area contributed by atoms with E-state index in [0.29, 0.717) is 18.2 Å². The standard InChI is InChI=1S/C11H10BrNO2.C5H9NO.Cs/c1-2-15-11(14)10-6-7-5-8(12)3-4-9(7)13-10;1-3-2-4(3)5(6)7;/h3-6H,2H2,1H3,(H,13,14);3-4H,2H2,1H3,(H2,6,7);/q;;+1/p-1. The summed E-state index contributed by atoms with van der Waals surface area (Å²) in [5, 5.41) is 0.937. The average Bonchev–Trinajstić information content (AvgIpc) is 3.05. The molecule has 1 heterocycles. The van der Waals surface area contributed by atoms with Crippen molar-refractivity contribution in [3.8, 4) is 0 Å². The second-order valence-electron chi connectivity index (χ2n) is 5.29. The number of carbonyl (C=O) groups is 2. The third-order valence-corrected chi connectivity index (χ3v) is 3.98. The smallest absolute Gasteiger partial charge is 0.651 e. The van der Waals surface area contributed by atoms with Gasteiger partial charge in [0.15, 0.2) is 0 Å².